The highest BCUT2D eigenvalue weighted by atomic mass is 35.5. The van der Waals surface area contributed by atoms with Crippen molar-refractivity contribution < 1.29 is 22.4 Å². The third kappa shape index (κ3) is 7.31. The molecule has 0 aromatic heterocycles. The van der Waals surface area contributed by atoms with Crippen molar-refractivity contribution in [1.29, 1.82) is 0 Å². The molecule has 0 aliphatic rings. The molecule has 0 saturated heterocycles. The van der Waals surface area contributed by atoms with Crippen molar-refractivity contribution in [2.45, 2.75) is 32.9 Å². The van der Waals surface area contributed by atoms with E-state index in [4.69, 9.17) is 23.2 Å². The monoisotopic (exact) mass is 517 g/mol. The first kappa shape index (κ1) is 26.9. The highest BCUT2D eigenvalue weighted by molar-refractivity contribution is 7.92. The smallest absolute Gasteiger partial charge is 0.244 e. The molecule has 1 N–H and O–H groups in total. The third-order valence-electron chi connectivity index (χ3n) is 4.87. The highest BCUT2D eigenvalue weighted by Gasteiger charge is 2.31. The SMILES string of the molecule is CCNC(=O)[C@@H](CC)N(Cc1ccc(F)cc1)C(=O)CN(c1ccc(Cl)c(Cl)c1)S(C)(=O)=O. The van der Waals surface area contributed by atoms with Crippen molar-refractivity contribution in [2.75, 3.05) is 23.7 Å². The molecular weight excluding hydrogens is 492 g/mol. The van der Waals surface area contributed by atoms with Gasteiger partial charge in [0.25, 0.3) is 0 Å². The number of nitrogens with zero attached hydrogens (tertiary/aromatic N) is 2. The molecule has 2 aromatic carbocycles. The molecule has 2 aromatic rings. The zero-order valence-electron chi connectivity index (χ0n) is 18.5. The summed E-state index contributed by atoms with van der Waals surface area (Å²) in [6.07, 6.45) is 1.26. The molecule has 11 heteroatoms. The molecule has 0 bridgehead atoms. The van der Waals surface area contributed by atoms with Crippen LogP contribution >= 0.6 is 23.2 Å². The van der Waals surface area contributed by atoms with Crippen LogP contribution in [0, 0.1) is 5.82 Å². The molecular formula is C22H26Cl2FN3O4S. The number of benzene rings is 2. The van der Waals surface area contributed by atoms with E-state index in [-0.39, 0.29) is 28.2 Å². The summed E-state index contributed by atoms with van der Waals surface area (Å²) >= 11 is 12.0. The van der Waals surface area contributed by atoms with Gasteiger partial charge < -0.3 is 10.2 Å². The molecule has 0 radical (unpaired) electrons. The first-order valence-electron chi connectivity index (χ1n) is 10.2. The average molecular weight is 518 g/mol. The minimum atomic E-state index is -3.88. The van der Waals surface area contributed by atoms with Crippen molar-refractivity contribution in [3.63, 3.8) is 0 Å². The molecule has 1 atom stereocenters. The number of nitrogens with one attached hydrogen (secondary N) is 1. The van der Waals surface area contributed by atoms with Crippen LogP contribution in [0.1, 0.15) is 25.8 Å². The molecule has 0 saturated carbocycles. The fourth-order valence-electron chi connectivity index (χ4n) is 3.25. The van der Waals surface area contributed by atoms with E-state index < -0.39 is 34.3 Å². The molecule has 2 amide bonds. The van der Waals surface area contributed by atoms with E-state index in [2.05, 4.69) is 5.32 Å². The largest absolute Gasteiger partial charge is 0.355 e. The van der Waals surface area contributed by atoms with Gasteiger partial charge in [0.2, 0.25) is 21.8 Å². The van der Waals surface area contributed by atoms with Crippen LogP contribution in [0.2, 0.25) is 10.0 Å². The average Bonchev–Trinajstić information content (AvgIpc) is 2.74. The second kappa shape index (κ2) is 11.7. The normalized spacial score (nSPS) is 12.2. The molecule has 0 heterocycles. The summed E-state index contributed by atoms with van der Waals surface area (Å²) in [5.74, 6) is -1.40. The molecule has 0 aliphatic heterocycles. The van der Waals surface area contributed by atoms with Gasteiger partial charge in [-0.25, -0.2) is 12.8 Å². The van der Waals surface area contributed by atoms with Gasteiger partial charge in [-0.1, -0.05) is 42.3 Å². The van der Waals surface area contributed by atoms with E-state index in [1.165, 1.54) is 47.4 Å². The van der Waals surface area contributed by atoms with Gasteiger partial charge in [0.05, 0.1) is 22.0 Å². The molecule has 0 unspecified atom stereocenters. The fraction of sp³-hybridized carbons (Fsp3) is 0.364. The van der Waals surface area contributed by atoms with Crippen LogP contribution in [0.4, 0.5) is 10.1 Å². The second-order valence-corrected chi connectivity index (χ2v) is 10.1. The zero-order chi connectivity index (χ0) is 24.8. The van der Waals surface area contributed by atoms with Crippen LogP contribution in [0.15, 0.2) is 42.5 Å². The number of anilines is 1. The lowest BCUT2D eigenvalue weighted by atomic mass is 10.1. The lowest BCUT2D eigenvalue weighted by molar-refractivity contribution is -0.140. The van der Waals surface area contributed by atoms with E-state index in [0.29, 0.717) is 18.5 Å². The second-order valence-electron chi connectivity index (χ2n) is 7.33. The van der Waals surface area contributed by atoms with Crippen molar-refractivity contribution >= 4 is 50.7 Å². The first-order valence-corrected chi connectivity index (χ1v) is 12.8. The summed E-state index contributed by atoms with van der Waals surface area (Å²) in [7, 11) is -3.88. The Morgan fingerprint density at radius 1 is 1.06 bits per heavy atom. The Morgan fingerprint density at radius 3 is 2.21 bits per heavy atom. The summed E-state index contributed by atoms with van der Waals surface area (Å²) in [5, 5.41) is 3.07. The van der Waals surface area contributed by atoms with Gasteiger partial charge in [0, 0.05) is 13.1 Å². The van der Waals surface area contributed by atoms with Crippen LogP contribution in [0.3, 0.4) is 0 Å². The number of hydrogen-bond donors (Lipinski definition) is 1. The Kier molecular flexibility index (Phi) is 9.51. The maximum absolute atomic E-state index is 13.4. The number of hydrogen-bond acceptors (Lipinski definition) is 4. The quantitative estimate of drug-likeness (QED) is 0.518. The maximum atomic E-state index is 13.4. The number of sulfonamides is 1. The van der Waals surface area contributed by atoms with Crippen LogP contribution < -0.4 is 9.62 Å². The van der Waals surface area contributed by atoms with Crippen LogP contribution in [0.5, 0.6) is 0 Å². The van der Waals surface area contributed by atoms with Crippen LogP contribution in [-0.4, -0.2) is 50.5 Å². The van der Waals surface area contributed by atoms with Gasteiger partial charge in [-0.3, -0.25) is 13.9 Å². The fourth-order valence-corrected chi connectivity index (χ4v) is 4.39. The highest BCUT2D eigenvalue weighted by Crippen LogP contribution is 2.28. The third-order valence-corrected chi connectivity index (χ3v) is 6.75. The standard InChI is InChI=1S/C22H26Cl2FN3O4S/c1-4-20(22(30)26-5-2)27(13-15-6-8-16(25)9-7-15)21(29)14-28(33(3,31)32)17-10-11-18(23)19(24)12-17/h6-12,20H,4-5,13-14H2,1-3H3,(H,26,30)/t20-/m1/s1. The maximum Gasteiger partial charge on any atom is 0.244 e. The summed E-state index contributed by atoms with van der Waals surface area (Å²) in [6.45, 7) is 3.30. The predicted molar refractivity (Wildman–Crippen MR) is 128 cm³/mol. The van der Waals surface area contributed by atoms with E-state index in [1.54, 1.807) is 13.8 Å². The van der Waals surface area contributed by atoms with Crippen LogP contribution in [0.25, 0.3) is 0 Å². The summed E-state index contributed by atoms with van der Waals surface area (Å²) in [6, 6.07) is 8.89. The number of carbonyl (C=O) groups excluding carboxylic acids is 2. The van der Waals surface area contributed by atoms with Gasteiger partial charge in [-0.05, 0) is 49.2 Å². The minimum absolute atomic E-state index is 0.00622. The van der Waals surface area contributed by atoms with Crippen molar-refractivity contribution in [1.82, 2.24) is 10.2 Å². The van der Waals surface area contributed by atoms with E-state index in [1.807, 2.05) is 0 Å². The minimum Gasteiger partial charge on any atom is -0.355 e. The van der Waals surface area contributed by atoms with Gasteiger partial charge >= 0.3 is 0 Å². The Morgan fingerprint density at radius 2 is 1.70 bits per heavy atom. The molecule has 0 spiro atoms. The molecule has 180 valence electrons. The van der Waals surface area contributed by atoms with Crippen molar-refractivity contribution in [3.8, 4) is 0 Å². The van der Waals surface area contributed by atoms with E-state index in [9.17, 15) is 22.4 Å². The predicted octanol–water partition coefficient (Wildman–Crippen LogP) is 3.84. The summed E-state index contributed by atoms with van der Waals surface area (Å²) < 4.78 is 39.3. The number of rotatable bonds is 10. The lowest BCUT2D eigenvalue weighted by Crippen LogP contribution is -2.52. The zero-order valence-corrected chi connectivity index (χ0v) is 20.8. The van der Waals surface area contributed by atoms with Gasteiger partial charge in [0.15, 0.2) is 0 Å². The van der Waals surface area contributed by atoms with E-state index in [0.717, 1.165) is 10.6 Å². The molecule has 0 aliphatic carbocycles. The Hall–Kier alpha value is -2.36. The van der Waals surface area contributed by atoms with Gasteiger partial charge in [-0.15, -0.1) is 0 Å². The number of amides is 2. The molecule has 2 rings (SSSR count). The van der Waals surface area contributed by atoms with Gasteiger partial charge in [0.1, 0.15) is 18.4 Å². The van der Waals surface area contributed by atoms with Crippen LogP contribution in [-0.2, 0) is 26.2 Å². The Labute approximate surface area is 203 Å². The number of likely N-dealkylation sites (N-methyl/N-ethyl adjacent to an activating group) is 1. The van der Waals surface area contributed by atoms with Crippen molar-refractivity contribution in [2.24, 2.45) is 0 Å². The molecule has 33 heavy (non-hydrogen) atoms. The lowest BCUT2D eigenvalue weighted by Gasteiger charge is -2.32. The molecule has 0 fully saturated rings. The summed E-state index contributed by atoms with van der Waals surface area (Å²) in [5.41, 5.74) is 0.751. The number of carbonyl (C=O) groups is 2. The van der Waals surface area contributed by atoms with E-state index >= 15 is 0 Å². The Balaban J connectivity index is 2.44. The van der Waals surface area contributed by atoms with Crippen molar-refractivity contribution in [3.05, 3.63) is 63.9 Å². The molecule has 7 nitrogen and oxygen atoms in total. The topological polar surface area (TPSA) is 86.8 Å². The first-order chi connectivity index (χ1) is 15.5. The van der Waals surface area contributed by atoms with Gasteiger partial charge in [-0.2, -0.15) is 0 Å². The summed E-state index contributed by atoms with van der Waals surface area (Å²) in [4.78, 5) is 27.4. The number of halogens is 3. The Bertz CT molecular complexity index is 1100.